The number of benzene rings is 1. The van der Waals surface area contributed by atoms with Gasteiger partial charge in [0.25, 0.3) is 5.91 Å². The number of hydrogen-bond donors (Lipinski definition) is 1. The Balaban J connectivity index is 1.60. The van der Waals surface area contributed by atoms with Crippen molar-refractivity contribution in [2.75, 3.05) is 18.0 Å². The molecular weight excluding hydrogens is 463 g/mol. The number of carbonyl (C=O) groups excluding carboxylic acids is 1. The molecule has 1 fully saturated rings. The number of nitrogens with one attached hydrogen (secondary N) is 1. The van der Waals surface area contributed by atoms with E-state index in [0.717, 1.165) is 35.3 Å². The molecular formula is C23H22ClFN6OS. The largest absolute Gasteiger partial charge is 0.346 e. The van der Waals surface area contributed by atoms with Crippen LogP contribution < -0.4 is 10.2 Å². The van der Waals surface area contributed by atoms with E-state index in [9.17, 15) is 4.79 Å². The third-order valence-electron chi connectivity index (χ3n) is 5.88. The highest BCUT2D eigenvalue weighted by Gasteiger charge is 2.32. The maximum Gasteiger partial charge on any atom is 0.262 e. The van der Waals surface area contributed by atoms with Gasteiger partial charge in [0.05, 0.1) is 22.1 Å². The fourth-order valence-corrected chi connectivity index (χ4v) is 5.30. The number of aromatic nitrogens is 4. The number of piperidine rings is 1. The van der Waals surface area contributed by atoms with Gasteiger partial charge in [-0.3, -0.25) is 9.69 Å². The Morgan fingerprint density at radius 1 is 1.33 bits per heavy atom. The summed E-state index contributed by atoms with van der Waals surface area (Å²) < 4.78 is 17.1. The van der Waals surface area contributed by atoms with Gasteiger partial charge in [0.15, 0.2) is 5.82 Å². The topological polar surface area (TPSA) is 75.9 Å². The Bertz CT molecular complexity index is 1350. The average molecular weight is 485 g/mol. The fraction of sp³-hybridized carbons (Fsp3) is 0.304. The minimum absolute atomic E-state index is 0.00956. The van der Waals surface area contributed by atoms with Gasteiger partial charge < -0.3 is 9.88 Å². The number of fused-ring (bicyclic) bond motifs is 1. The van der Waals surface area contributed by atoms with Gasteiger partial charge in [-0.2, -0.15) is 0 Å². The van der Waals surface area contributed by atoms with Gasteiger partial charge in [-0.05, 0) is 44.5 Å². The summed E-state index contributed by atoms with van der Waals surface area (Å²) >= 11 is 7.78. The minimum Gasteiger partial charge on any atom is -0.346 e. The molecule has 1 aliphatic heterocycles. The smallest absolute Gasteiger partial charge is 0.262 e. The molecule has 0 spiro atoms. The summed E-state index contributed by atoms with van der Waals surface area (Å²) in [6, 6.07) is 6.23. The highest BCUT2D eigenvalue weighted by atomic mass is 35.5. The molecule has 0 saturated carbocycles. The molecule has 0 unspecified atom stereocenters. The van der Waals surface area contributed by atoms with Crippen molar-refractivity contribution >= 4 is 45.6 Å². The number of amides is 1. The van der Waals surface area contributed by atoms with Gasteiger partial charge in [0.2, 0.25) is 0 Å². The van der Waals surface area contributed by atoms with Crippen LogP contribution in [0.25, 0.3) is 21.5 Å². The number of aryl methyl sites for hydroxylation is 2. The minimum atomic E-state index is -0.601. The molecule has 7 nitrogen and oxygen atoms in total. The second-order valence-electron chi connectivity index (χ2n) is 8.11. The maximum absolute atomic E-state index is 15.3. The fourth-order valence-electron chi connectivity index (χ4n) is 4.32. The van der Waals surface area contributed by atoms with Gasteiger partial charge in [-0.15, -0.1) is 10.2 Å². The number of rotatable bonds is 4. The maximum atomic E-state index is 15.3. The zero-order chi connectivity index (χ0) is 23.1. The zero-order valence-electron chi connectivity index (χ0n) is 18.2. The first-order chi connectivity index (χ1) is 15.9. The molecule has 0 radical (unpaired) electrons. The van der Waals surface area contributed by atoms with Crippen molar-refractivity contribution in [3.05, 3.63) is 58.1 Å². The van der Waals surface area contributed by atoms with E-state index in [1.165, 1.54) is 23.5 Å². The molecule has 5 rings (SSSR count). The second kappa shape index (κ2) is 8.81. The lowest BCUT2D eigenvalue weighted by atomic mass is 10.0. The van der Waals surface area contributed by atoms with E-state index in [4.69, 9.17) is 11.6 Å². The van der Waals surface area contributed by atoms with Gasteiger partial charge in [0.1, 0.15) is 15.8 Å². The molecule has 4 heterocycles. The van der Waals surface area contributed by atoms with Crippen molar-refractivity contribution in [1.82, 2.24) is 25.1 Å². The summed E-state index contributed by atoms with van der Waals surface area (Å²) in [5, 5.41) is 14.2. The SMILES string of the molecule is Cc1nnc(-c2ccc(C(=O)N(c3nccc4c(Cl)cn(C)c34)[C@@H]3CCCNC3)c(F)c2)s1. The van der Waals surface area contributed by atoms with Crippen LogP contribution in [0.4, 0.5) is 10.2 Å². The van der Waals surface area contributed by atoms with E-state index < -0.39 is 11.7 Å². The molecule has 1 saturated heterocycles. The monoisotopic (exact) mass is 484 g/mol. The van der Waals surface area contributed by atoms with Crippen molar-refractivity contribution in [3.63, 3.8) is 0 Å². The molecule has 4 aromatic rings. The lowest BCUT2D eigenvalue weighted by Crippen LogP contribution is -2.49. The van der Waals surface area contributed by atoms with E-state index in [1.54, 1.807) is 23.4 Å². The molecule has 1 amide bonds. The average Bonchev–Trinajstić information content (AvgIpc) is 3.37. The molecule has 1 N–H and O–H groups in total. The van der Waals surface area contributed by atoms with Crippen molar-refractivity contribution in [2.24, 2.45) is 7.05 Å². The van der Waals surface area contributed by atoms with Crippen molar-refractivity contribution in [3.8, 4) is 10.6 Å². The van der Waals surface area contributed by atoms with Crippen molar-refractivity contribution < 1.29 is 9.18 Å². The third kappa shape index (κ3) is 4.01. The normalized spacial score (nSPS) is 16.3. The first-order valence-electron chi connectivity index (χ1n) is 10.7. The Kier molecular flexibility index (Phi) is 5.86. The summed E-state index contributed by atoms with van der Waals surface area (Å²) in [7, 11) is 1.86. The standard InChI is InChI=1S/C23H22ClFN6OS/c1-13-28-29-22(33-13)14-5-6-17(19(25)10-14)23(32)31(15-4-3-8-26-11-15)21-20-16(7-9-27-21)18(24)12-30(20)2/h5-7,9-10,12,15,26H,3-4,8,11H2,1-2H3/t15-/m1/s1. The van der Waals surface area contributed by atoms with Crippen LogP contribution >= 0.6 is 22.9 Å². The van der Waals surface area contributed by atoms with Crippen LogP contribution in [0, 0.1) is 12.7 Å². The molecule has 1 atom stereocenters. The Hall–Kier alpha value is -2.88. The van der Waals surface area contributed by atoms with Crippen LogP contribution in [0.3, 0.4) is 0 Å². The number of anilines is 1. The summed E-state index contributed by atoms with van der Waals surface area (Å²) in [6.07, 6.45) is 5.13. The zero-order valence-corrected chi connectivity index (χ0v) is 19.8. The predicted octanol–water partition coefficient (Wildman–Crippen LogP) is 4.59. The summed E-state index contributed by atoms with van der Waals surface area (Å²) in [4.78, 5) is 20.0. The van der Waals surface area contributed by atoms with Crippen LogP contribution in [0.2, 0.25) is 5.02 Å². The van der Waals surface area contributed by atoms with Crippen LogP contribution in [0.5, 0.6) is 0 Å². The van der Waals surface area contributed by atoms with Crippen molar-refractivity contribution in [1.29, 1.82) is 0 Å². The first-order valence-corrected chi connectivity index (χ1v) is 11.9. The van der Waals surface area contributed by atoms with E-state index in [-0.39, 0.29) is 11.6 Å². The Labute approximate surface area is 199 Å². The summed E-state index contributed by atoms with van der Waals surface area (Å²) in [5.41, 5.74) is 1.32. The van der Waals surface area contributed by atoms with Crippen molar-refractivity contribution in [2.45, 2.75) is 25.8 Å². The molecule has 1 aromatic carbocycles. The Morgan fingerprint density at radius 3 is 2.88 bits per heavy atom. The van der Waals surface area contributed by atoms with Gasteiger partial charge in [-0.25, -0.2) is 9.37 Å². The molecule has 3 aromatic heterocycles. The lowest BCUT2D eigenvalue weighted by molar-refractivity contribution is 0.0968. The first kappa shape index (κ1) is 21.9. The molecule has 1 aliphatic rings. The highest BCUT2D eigenvalue weighted by Crippen LogP contribution is 2.34. The van der Waals surface area contributed by atoms with Crippen LogP contribution in [0.15, 0.2) is 36.7 Å². The third-order valence-corrected chi connectivity index (χ3v) is 7.07. The van der Waals surface area contributed by atoms with Crippen LogP contribution in [0.1, 0.15) is 28.2 Å². The quantitative estimate of drug-likeness (QED) is 0.458. The number of pyridine rings is 1. The van der Waals surface area contributed by atoms with E-state index >= 15 is 4.39 Å². The number of halogens is 2. The number of hydrogen-bond acceptors (Lipinski definition) is 6. The number of nitrogens with zero attached hydrogens (tertiary/aromatic N) is 5. The molecule has 33 heavy (non-hydrogen) atoms. The molecule has 10 heteroatoms. The summed E-state index contributed by atoms with van der Waals surface area (Å²) in [6.45, 7) is 3.33. The molecule has 0 bridgehead atoms. The van der Waals surface area contributed by atoms with Gasteiger partial charge >= 0.3 is 0 Å². The molecule has 0 aliphatic carbocycles. The lowest BCUT2D eigenvalue weighted by Gasteiger charge is -2.34. The van der Waals surface area contributed by atoms with Gasteiger partial charge in [-0.1, -0.05) is 29.0 Å². The summed E-state index contributed by atoms with van der Waals surface area (Å²) in [5.74, 6) is -0.557. The molecule has 170 valence electrons. The second-order valence-corrected chi connectivity index (χ2v) is 9.70. The van der Waals surface area contributed by atoms with E-state index in [0.29, 0.717) is 28.0 Å². The van der Waals surface area contributed by atoms with E-state index in [1.807, 2.05) is 24.6 Å². The predicted molar refractivity (Wildman–Crippen MR) is 128 cm³/mol. The number of carbonyl (C=O) groups is 1. The van der Waals surface area contributed by atoms with E-state index in [2.05, 4.69) is 20.5 Å². The van der Waals surface area contributed by atoms with Crippen LogP contribution in [-0.2, 0) is 7.05 Å². The Morgan fingerprint density at radius 2 is 2.18 bits per heavy atom. The van der Waals surface area contributed by atoms with Crippen LogP contribution in [-0.4, -0.2) is 44.8 Å². The highest BCUT2D eigenvalue weighted by molar-refractivity contribution is 7.14. The van der Waals surface area contributed by atoms with Gasteiger partial charge in [0, 0.05) is 36.9 Å².